The number of halogens is 1. The molecule has 198 valence electrons. The molecule has 8 heteroatoms. The largest absolute Gasteiger partial charge is 0.315 e. The summed E-state index contributed by atoms with van der Waals surface area (Å²) < 4.78 is 1.98. The zero-order valence-electron chi connectivity index (χ0n) is 21.9. The first-order chi connectivity index (χ1) is 18.9. The molecule has 1 aliphatic rings. The van der Waals surface area contributed by atoms with Crippen molar-refractivity contribution in [1.82, 2.24) is 9.55 Å². The molecule has 0 unspecified atom stereocenters. The molecule has 2 amide bonds. The molecule has 5 rings (SSSR count). The van der Waals surface area contributed by atoms with Gasteiger partial charge in [-0.15, -0.1) is 0 Å². The van der Waals surface area contributed by atoms with E-state index in [9.17, 15) is 9.59 Å². The first-order valence-corrected chi connectivity index (χ1v) is 13.6. The summed E-state index contributed by atoms with van der Waals surface area (Å²) in [5.41, 5.74) is 4.32. The van der Waals surface area contributed by atoms with Gasteiger partial charge in [-0.1, -0.05) is 43.0 Å². The maximum Gasteiger partial charge on any atom is 0.257 e. The molecule has 0 radical (unpaired) electrons. The predicted molar refractivity (Wildman–Crippen MR) is 154 cm³/mol. The van der Waals surface area contributed by atoms with E-state index in [1.165, 1.54) is 6.42 Å². The molecule has 0 atom stereocenters. The molecule has 1 aliphatic carbocycles. The number of fused-ring (bicyclic) bond motifs is 1. The zero-order valence-corrected chi connectivity index (χ0v) is 22.6. The van der Waals surface area contributed by atoms with Crippen molar-refractivity contribution in [1.29, 1.82) is 5.26 Å². The average Bonchev–Trinajstić information content (AvgIpc) is 3.31. The number of hydrogen-bond acceptors (Lipinski definition) is 4. The van der Waals surface area contributed by atoms with Crippen molar-refractivity contribution in [3.63, 3.8) is 0 Å². The third kappa shape index (κ3) is 5.97. The normalized spacial score (nSPS) is 13.7. The number of aromatic nitrogens is 2. The Hall–Kier alpha value is -4.15. The lowest BCUT2D eigenvalue weighted by atomic mass is 9.88. The van der Waals surface area contributed by atoms with Crippen LogP contribution in [-0.4, -0.2) is 28.4 Å². The number of nitriles is 1. The Morgan fingerprint density at radius 3 is 2.56 bits per heavy atom. The Morgan fingerprint density at radius 1 is 1.08 bits per heavy atom. The van der Waals surface area contributed by atoms with E-state index in [-0.39, 0.29) is 17.7 Å². The second kappa shape index (κ2) is 11.7. The molecule has 7 nitrogen and oxygen atoms in total. The molecule has 0 saturated heterocycles. The number of benzene rings is 3. The fourth-order valence-corrected chi connectivity index (χ4v) is 5.42. The van der Waals surface area contributed by atoms with E-state index in [0.29, 0.717) is 40.6 Å². The van der Waals surface area contributed by atoms with Crippen molar-refractivity contribution in [2.24, 2.45) is 5.92 Å². The number of amides is 2. The predicted octanol–water partition coefficient (Wildman–Crippen LogP) is 6.60. The van der Waals surface area contributed by atoms with Crippen LogP contribution in [0.15, 0.2) is 66.7 Å². The van der Waals surface area contributed by atoms with E-state index in [1.54, 1.807) is 29.2 Å². The van der Waals surface area contributed by atoms with Gasteiger partial charge >= 0.3 is 0 Å². The van der Waals surface area contributed by atoms with E-state index < -0.39 is 0 Å². The van der Waals surface area contributed by atoms with Gasteiger partial charge in [0.1, 0.15) is 0 Å². The summed E-state index contributed by atoms with van der Waals surface area (Å²) in [6, 6.07) is 22.0. The Labute approximate surface area is 233 Å². The summed E-state index contributed by atoms with van der Waals surface area (Å²) in [6.45, 7) is 0.565. The fraction of sp³-hybridized carbons (Fsp3) is 0.290. The van der Waals surface area contributed by atoms with E-state index in [0.717, 1.165) is 42.5 Å². The summed E-state index contributed by atoms with van der Waals surface area (Å²) in [5, 5.41) is 12.7. The lowest BCUT2D eigenvalue weighted by molar-refractivity contribution is -0.123. The summed E-state index contributed by atoms with van der Waals surface area (Å²) in [4.78, 5) is 32.7. The van der Waals surface area contributed by atoms with Gasteiger partial charge in [-0.2, -0.15) is 5.26 Å². The molecule has 4 aromatic rings. The quantitative estimate of drug-likeness (QED) is 0.286. The van der Waals surface area contributed by atoms with Crippen LogP contribution in [0.5, 0.6) is 0 Å². The highest BCUT2D eigenvalue weighted by atomic mass is 35.5. The van der Waals surface area contributed by atoms with Gasteiger partial charge in [-0.05, 0) is 79.4 Å². The molecule has 1 saturated carbocycles. The van der Waals surface area contributed by atoms with Crippen LogP contribution in [0.2, 0.25) is 5.02 Å². The maximum absolute atomic E-state index is 13.2. The molecule has 3 aromatic carbocycles. The molecule has 39 heavy (non-hydrogen) atoms. The minimum Gasteiger partial charge on any atom is -0.315 e. The SMILES string of the molecule is CN(C(=O)C1CCCCC1)c1ccc2c(c1)nc(NC(=O)c1ccc(C#N)cc1)n2CCc1cccc(Cl)c1. The minimum absolute atomic E-state index is 0.0666. The number of carbonyl (C=O) groups is 2. The van der Waals surface area contributed by atoms with E-state index in [4.69, 9.17) is 21.8 Å². The number of anilines is 2. The lowest BCUT2D eigenvalue weighted by Gasteiger charge is -2.26. The van der Waals surface area contributed by atoms with Gasteiger partial charge in [0.2, 0.25) is 11.9 Å². The number of nitrogens with one attached hydrogen (secondary N) is 1. The monoisotopic (exact) mass is 539 g/mol. The van der Waals surface area contributed by atoms with Gasteiger partial charge < -0.3 is 9.47 Å². The van der Waals surface area contributed by atoms with Gasteiger partial charge in [0, 0.05) is 35.8 Å². The van der Waals surface area contributed by atoms with Crippen LogP contribution in [0.3, 0.4) is 0 Å². The molecule has 1 aromatic heterocycles. The summed E-state index contributed by atoms with van der Waals surface area (Å²) in [5.74, 6) is 0.309. The first-order valence-electron chi connectivity index (χ1n) is 13.3. The van der Waals surface area contributed by atoms with Crippen molar-refractivity contribution in [3.05, 3.63) is 88.4 Å². The first kappa shape index (κ1) is 26.5. The van der Waals surface area contributed by atoms with Gasteiger partial charge in [0.15, 0.2) is 0 Å². The Morgan fingerprint density at radius 2 is 1.85 bits per heavy atom. The van der Waals surface area contributed by atoms with Crippen molar-refractivity contribution in [2.45, 2.75) is 45.1 Å². The number of hydrogen-bond donors (Lipinski definition) is 1. The molecule has 1 N–H and O–H groups in total. The zero-order chi connectivity index (χ0) is 27.4. The van der Waals surface area contributed by atoms with Crippen molar-refractivity contribution in [2.75, 3.05) is 17.3 Å². The van der Waals surface area contributed by atoms with E-state index in [2.05, 4.69) is 11.4 Å². The number of imidazole rings is 1. The minimum atomic E-state index is -0.316. The standard InChI is InChI=1S/C31H30ClN5O2/c1-36(30(39)24-7-3-2-4-8-24)26-14-15-28-27(19-26)34-31(35-29(38)23-12-10-22(20-33)11-13-23)37(28)17-16-21-6-5-9-25(32)18-21/h5-6,9-15,18-19,24H,2-4,7-8,16-17H2,1H3,(H,34,35,38). The van der Waals surface area contributed by atoms with Crippen LogP contribution < -0.4 is 10.2 Å². The fourth-order valence-electron chi connectivity index (χ4n) is 5.20. The number of aryl methyl sites for hydroxylation is 2. The highest BCUT2D eigenvalue weighted by Crippen LogP contribution is 2.30. The summed E-state index contributed by atoms with van der Waals surface area (Å²) in [7, 11) is 1.82. The average molecular weight is 540 g/mol. The Bertz CT molecular complexity index is 1550. The highest BCUT2D eigenvalue weighted by Gasteiger charge is 2.25. The van der Waals surface area contributed by atoms with Crippen LogP contribution in [0.4, 0.5) is 11.6 Å². The molecule has 0 spiro atoms. The van der Waals surface area contributed by atoms with Crippen LogP contribution in [0, 0.1) is 17.2 Å². The lowest BCUT2D eigenvalue weighted by Crippen LogP contribution is -2.33. The highest BCUT2D eigenvalue weighted by molar-refractivity contribution is 6.30. The molecular formula is C31H30ClN5O2. The van der Waals surface area contributed by atoms with Gasteiger partial charge in [-0.3, -0.25) is 14.9 Å². The smallest absolute Gasteiger partial charge is 0.257 e. The van der Waals surface area contributed by atoms with Crippen molar-refractivity contribution >= 4 is 46.1 Å². The third-order valence-corrected chi connectivity index (χ3v) is 7.65. The maximum atomic E-state index is 13.2. The topological polar surface area (TPSA) is 91.0 Å². The molecular weight excluding hydrogens is 510 g/mol. The van der Waals surface area contributed by atoms with Crippen molar-refractivity contribution < 1.29 is 9.59 Å². The van der Waals surface area contributed by atoms with Crippen LogP contribution in [0.25, 0.3) is 11.0 Å². The third-order valence-electron chi connectivity index (χ3n) is 7.42. The van der Waals surface area contributed by atoms with Crippen LogP contribution in [0.1, 0.15) is 53.6 Å². The Kier molecular flexibility index (Phi) is 7.94. The number of rotatable bonds is 7. The van der Waals surface area contributed by atoms with Gasteiger partial charge in [-0.25, -0.2) is 4.98 Å². The second-order valence-corrected chi connectivity index (χ2v) is 10.5. The van der Waals surface area contributed by atoms with E-state index >= 15 is 0 Å². The molecule has 0 bridgehead atoms. The van der Waals surface area contributed by atoms with Gasteiger partial charge in [0.05, 0.1) is 22.7 Å². The molecule has 1 fully saturated rings. The summed E-state index contributed by atoms with van der Waals surface area (Å²) in [6.07, 6.45) is 5.96. The van der Waals surface area contributed by atoms with Crippen molar-refractivity contribution in [3.8, 4) is 6.07 Å². The number of nitrogens with zero attached hydrogens (tertiary/aromatic N) is 4. The summed E-state index contributed by atoms with van der Waals surface area (Å²) >= 11 is 6.19. The second-order valence-electron chi connectivity index (χ2n) is 10.0. The van der Waals surface area contributed by atoms with E-state index in [1.807, 2.05) is 54.1 Å². The van der Waals surface area contributed by atoms with Gasteiger partial charge in [0.25, 0.3) is 5.91 Å². The number of carbonyl (C=O) groups excluding carboxylic acids is 2. The van der Waals surface area contributed by atoms with Crippen LogP contribution >= 0.6 is 11.6 Å². The molecule has 1 heterocycles. The Balaban J connectivity index is 1.45. The molecule has 0 aliphatic heterocycles. The van der Waals surface area contributed by atoms with Crippen LogP contribution in [-0.2, 0) is 17.8 Å².